The van der Waals surface area contributed by atoms with Crippen molar-refractivity contribution in [3.05, 3.63) is 0 Å². The maximum atomic E-state index is 12.9. The van der Waals surface area contributed by atoms with Gasteiger partial charge in [0.2, 0.25) is 0 Å². The third-order valence-electron chi connectivity index (χ3n) is 6.42. The molecule has 10 heteroatoms. The first-order valence-corrected chi connectivity index (χ1v) is 26.9. The quantitative estimate of drug-likeness (QED) is 0.0271. The second kappa shape index (κ2) is 26.6. The van der Waals surface area contributed by atoms with E-state index < -0.39 is 25.0 Å². The summed E-state index contributed by atoms with van der Waals surface area (Å²) in [5.74, 6) is 2.16. The molecule has 0 aromatic rings. The fraction of sp³-hybridized carbons (Fsp3) is 0.903. The van der Waals surface area contributed by atoms with Crippen molar-refractivity contribution in [2.24, 2.45) is 17.8 Å². The topological polar surface area (TPSA) is 78.9 Å². The zero-order valence-electron chi connectivity index (χ0n) is 27.1. The molecule has 242 valence electrons. The molecule has 0 aliphatic carbocycles. The summed E-state index contributed by atoms with van der Waals surface area (Å²) in [5, 5.41) is -1.55. The molecule has 0 fully saturated rings. The third-order valence-corrected chi connectivity index (χ3v) is 33.9. The summed E-state index contributed by atoms with van der Waals surface area (Å²) in [6, 6.07) is 0. The van der Waals surface area contributed by atoms with Gasteiger partial charge < -0.3 is 0 Å². The average molecular weight is 744 g/mol. The Morgan fingerprint density at radius 1 is 0.561 bits per heavy atom. The van der Waals surface area contributed by atoms with E-state index in [0.717, 1.165) is 57.8 Å². The van der Waals surface area contributed by atoms with E-state index in [1.54, 1.807) is 21.6 Å². The fourth-order valence-electron chi connectivity index (χ4n) is 3.93. The van der Waals surface area contributed by atoms with Crippen molar-refractivity contribution < 1.29 is 28.6 Å². The van der Waals surface area contributed by atoms with Gasteiger partial charge in [-0.25, -0.2) is 0 Å². The Balaban J connectivity index is 4.79. The van der Waals surface area contributed by atoms with Crippen molar-refractivity contribution in [3.63, 3.8) is 0 Å². The van der Waals surface area contributed by atoms with Crippen molar-refractivity contribution in [1.82, 2.24) is 0 Å². The minimum absolute atomic E-state index is 0.205. The Kier molecular flexibility index (Phi) is 26.8. The standard InChI is InChI=1S/C30H57O6S3.CH3.Sn/c1-25(2)16-10-7-13-19-34-28(31)22-37-39(24-30(33)36-21-15-9-12-18-27(5)6)38-23-29(32)35-20-14-8-11-17-26(3)4;;/h25-27H,7-24H2,1-6H3;1H3;/q+1;;-1. The van der Waals surface area contributed by atoms with Crippen LogP contribution in [-0.2, 0) is 28.6 Å². The molecule has 0 atom stereocenters. The predicted octanol–water partition coefficient (Wildman–Crippen LogP) is 9.03. The van der Waals surface area contributed by atoms with Gasteiger partial charge in [-0.2, -0.15) is 0 Å². The first-order valence-electron chi connectivity index (χ1n) is 15.7. The molecule has 6 nitrogen and oxygen atoms in total. The number of carbonyl (C=O) groups excluding carboxylic acids is 3. The Hall–Kier alpha value is 0.259. The predicted molar refractivity (Wildman–Crippen MR) is 182 cm³/mol. The number of unbranched alkanes of at least 4 members (excludes halogenated alkanes) is 6. The van der Waals surface area contributed by atoms with Gasteiger partial charge in [-0.15, -0.1) is 0 Å². The zero-order valence-corrected chi connectivity index (χ0v) is 32.4. The van der Waals surface area contributed by atoms with Crippen molar-refractivity contribution in [3.8, 4) is 0 Å². The molecule has 0 saturated heterocycles. The molecule has 0 unspecified atom stereocenters. The first-order chi connectivity index (χ1) is 19.5. The molecule has 0 aliphatic heterocycles. The maximum absolute atomic E-state index is 12.9. The first kappa shape index (κ1) is 41.3. The number of ether oxygens (including phenoxy) is 3. The molecule has 0 aromatic heterocycles. The summed E-state index contributed by atoms with van der Waals surface area (Å²) in [5.41, 5.74) is 0. The van der Waals surface area contributed by atoms with Gasteiger partial charge in [-0.1, -0.05) is 0 Å². The molecule has 0 N–H and O–H groups in total. The average Bonchev–Trinajstić information content (AvgIpc) is 2.91. The van der Waals surface area contributed by atoms with Crippen LogP contribution in [0.4, 0.5) is 0 Å². The van der Waals surface area contributed by atoms with Crippen molar-refractivity contribution in [1.29, 1.82) is 0 Å². The van der Waals surface area contributed by atoms with E-state index in [0.29, 0.717) is 43.3 Å². The van der Waals surface area contributed by atoms with Crippen LogP contribution in [0.5, 0.6) is 0 Å². The number of carbonyl (C=O) groups is 3. The summed E-state index contributed by atoms with van der Waals surface area (Å²) >= 11 is -1.06. The molecular weight excluding hydrogens is 683 g/mol. The molecule has 0 rings (SSSR count). The van der Waals surface area contributed by atoms with Crippen LogP contribution in [0.3, 0.4) is 0 Å². The molecule has 2 radical (unpaired) electrons. The molecule has 41 heavy (non-hydrogen) atoms. The number of rotatable bonds is 27. The zero-order chi connectivity index (χ0) is 30.9. The van der Waals surface area contributed by atoms with E-state index in [2.05, 4.69) is 46.5 Å². The van der Waals surface area contributed by atoms with Crippen LogP contribution in [0, 0.1) is 17.8 Å². The van der Waals surface area contributed by atoms with Crippen LogP contribution in [0.2, 0.25) is 4.94 Å². The molecule has 0 spiro atoms. The Bertz CT molecular complexity index is 655. The summed E-state index contributed by atoms with van der Waals surface area (Å²) in [6.45, 7) is 14.7. The van der Waals surface area contributed by atoms with Crippen LogP contribution < -0.4 is 0 Å². The molecule has 0 saturated carbocycles. The minimum atomic E-state index is -1.55. The van der Waals surface area contributed by atoms with Gasteiger partial charge in [0.15, 0.2) is 0 Å². The van der Waals surface area contributed by atoms with E-state index in [4.69, 9.17) is 14.2 Å². The van der Waals surface area contributed by atoms with Gasteiger partial charge in [-0.05, 0) is 0 Å². The van der Waals surface area contributed by atoms with E-state index in [1.165, 1.54) is 19.3 Å². The second-order valence-corrected chi connectivity index (χ2v) is 34.8. The van der Waals surface area contributed by atoms with E-state index in [1.807, 2.05) is 0 Å². The number of hydrogen-bond donors (Lipinski definition) is 0. The molecular formula is C31H60O6S3Sn. The molecule has 0 amide bonds. The van der Waals surface area contributed by atoms with Crippen LogP contribution in [0.15, 0.2) is 0 Å². The summed E-state index contributed by atoms with van der Waals surface area (Å²) in [7, 11) is 3.09. The van der Waals surface area contributed by atoms with Crippen LogP contribution in [0.25, 0.3) is 0 Å². The van der Waals surface area contributed by atoms with Crippen LogP contribution in [0.1, 0.15) is 119 Å². The second-order valence-electron chi connectivity index (χ2n) is 11.9. The number of esters is 3. The van der Waals surface area contributed by atoms with Crippen LogP contribution >= 0.6 is 26.9 Å². The van der Waals surface area contributed by atoms with Gasteiger partial charge >= 0.3 is 271 Å². The van der Waals surface area contributed by atoms with E-state index in [-0.39, 0.29) is 29.4 Å². The monoisotopic (exact) mass is 744 g/mol. The van der Waals surface area contributed by atoms with Crippen LogP contribution in [-0.4, -0.2) is 74.7 Å². The summed E-state index contributed by atoms with van der Waals surface area (Å²) < 4.78 is 16.6. The van der Waals surface area contributed by atoms with Gasteiger partial charge in [0, 0.05) is 0 Å². The molecule has 0 bridgehead atoms. The van der Waals surface area contributed by atoms with Gasteiger partial charge in [-0.3, -0.25) is 0 Å². The van der Waals surface area contributed by atoms with Crippen molar-refractivity contribution in [2.75, 3.05) is 37.1 Å². The Morgan fingerprint density at radius 3 is 1.22 bits per heavy atom. The van der Waals surface area contributed by atoms with E-state index in [9.17, 15) is 14.4 Å². The molecule has 0 aromatic carbocycles. The summed E-state index contributed by atoms with van der Waals surface area (Å²) in [6.07, 6.45) is 12.9. The van der Waals surface area contributed by atoms with E-state index >= 15 is 0 Å². The fourth-order valence-corrected chi connectivity index (χ4v) is 22.2. The normalized spacial score (nSPS) is 12.2. The Labute approximate surface area is 269 Å². The summed E-state index contributed by atoms with van der Waals surface area (Å²) in [4.78, 5) is 40.1. The molecule has 0 heterocycles. The SMILES string of the molecule is [CH3][Sn][S](CC(=O)OCCCCCC(C)C)(SCC(=O)OCCCCCC(C)C)SCC(=O)OCCCCCC(C)C. The number of hydrogen-bond acceptors (Lipinski definition) is 8. The molecule has 0 aliphatic rings. The van der Waals surface area contributed by atoms with Crippen molar-refractivity contribution in [2.45, 2.75) is 124 Å². The van der Waals surface area contributed by atoms with Gasteiger partial charge in [0.25, 0.3) is 0 Å². The van der Waals surface area contributed by atoms with Gasteiger partial charge in [0.1, 0.15) is 0 Å². The van der Waals surface area contributed by atoms with Crippen molar-refractivity contribution >= 4 is 64.5 Å². The Morgan fingerprint density at radius 2 is 0.902 bits per heavy atom. The van der Waals surface area contributed by atoms with Gasteiger partial charge in [0.05, 0.1) is 0 Å². The third kappa shape index (κ3) is 26.4.